The third kappa shape index (κ3) is 4.89. The molecule has 4 rings (SSSR count). The zero-order chi connectivity index (χ0) is 22.7. The number of carbonyl (C=O) groups is 1. The quantitative estimate of drug-likeness (QED) is 0.558. The topological polar surface area (TPSA) is 79.5 Å². The maximum absolute atomic E-state index is 13.3. The molecule has 1 aliphatic heterocycles. The van der Waals surface area contributed by atoms with Crippen LogP contribution in [-0.2, 0) is 11.2 Å². The van der Waals surface area contributed by atoms with Crippen LogP contribution in [0.2, 0.25) is 5.02 Å². The number of nitrogens with zero attached hydrogens (tertiary/aromatic N) is 2. The van der Waals surface area contributed by atoms with E-state index in [-0.39, 0.29) is 12.5 Å². The van der Waals surface area contributed by atoms with Gasteiger partial charge in [0.05, 0.1) is 17.3 Å². The molecule has 0 aliphatic carbocycles. The number of rotatable bonds is 7. The number of fused-ring (bicyclic) bond motifs is 1. The van der Waals surface area contributed by atoms with Crippen LogP contribution in [0.3, 0.4) is 0 Å². The van der Waals surface area contributed by atoms with Crippen molar-refractivity contribution in [1.29, 1.82) is 0 Å². The summed E-state index contributed by atoms with van der Waals surface area (Å²) >= 11 is 6.14. The van der Waals surface area contributed by atoms with Gasteiger partial charge < -0.3 is 19.7 Å². The van der Waals surface area contributed by atoms with Gasteiger partial charge in [0.2, 0.25) is 5.91 Å². The van der Waals surface area contributed by atoms with Gasteiger partial charge in [-0.15, -0.1) is 0 Å². The lowest BCUT2D eigenvalue weighted by molar-refractivity contribution is -0.127. The Balaban J connectivity index is 1.56. The average molecular weight is 455 g/mol. The van der Waals surface area contributed by atoms with Crippen molar-refractivity contribution in [2.75, 3.05) is 39.2 Å². The van der Waals surface area contributed by atoms with E-state index in [1.54, 1.807) is 12.3 Å². The van der Waals surface area contributed by atoms with Gasteiger partial charge in [-0.25, -0.2) is 0 Å². The number of aromatic amines is 1. The van der Waals surface area contributed by atoms with Crippen molar-refractivity contribution in [3.8, 4) is 22.6 Å². The number of ether oxygens (including phenoxy) is 2. The van der Waals surface area contributed by atoms with E-state index >= 15 is 0 Å². The number of benzene rings is 2. The molecule has 7 nitrogen and oxygen atoms in total. The number of aromatic nitrogens is 2. The average Bonchev–Trinajstić information content (AvgIpc) is 3.29. The SMILES string of the molecule is CN(C)CCOc1cc(-c2cn[nH]c2)ccc1NC(=O)C1(C)COc2ccc(Cl)cc2C1. The number of carbonyl (C=O) groups excluding carboxylic acids is 1. The molecule has 1 atom stereocenters. The molecule has 0 radical (unpaired) electrons. The van der Waals surface area contributed by atoms with Gasteiger partial charge in [-0.1, -0.05) is 17.7 Å². The van der Waals surface area contributed by atoms with E-state index in [0.717, 1.165) is 29.0 Å². The Morgan fingerprint density at radius 2 is 2.12 bits per heavy atom. The molecule has 1 unspecified atom stereocenters. The van der Waals surface area contributed by atoms with Crippen molar-refractivity contribution in [3.63, 3.8) is 0 Å². The number of halogens is 1. The highest BCUT2D eigenvalue weighted by molar-refractivity contribution is 6.30. The van der Waals surface area contributed by atoms with Crippen LogP contribution in [0.25, 0.3) is 11.1 Å². The summed E-state index contributed by atoms with van der Waals surface area (Å²) in [6.07, 6.45) is 4.11. The number of nitrogens with one attached hydrogen (secondary N) is 2. The number of amides is 1. The van der Waals surface area contributed by atoms with Crippen LogP contribution in [0, 0.1) is 5.41 Å². The number of H-pyrrole nitrogens is 1. The van der Waals surface area contributed by atoms with Crippen LogP contribution >= 0.6 is 11.6 Å². The highest BCUT2D eigenvalue weighted by atomic mass is 35.5. The lowest BCUT2D eigenvalue weighted by Gasteiger charge is -2.33. The molecule has 1 amide bonds. The van der Waals surface area contributed by atoms with Crippen molar-refractivity contribution in [2.24, 2.45) is 5.41 Å². The molecular formula is C24H27ClN4O3. The minimum Gasteiger partial charge on any atom is -0.492 e. The maximum atomic E-state index is 13.3. The second kappa shape index (κ2) is 9.22. The Kier molecular flexibility index (Phi) is 6.39. The monoisotopic (exact) mass is 454 g/mol. The molecule has 2 aromatic carbocycles. The molecular weight excluding hydrogens is 428 g/mol. The minimum atomic E-state index is -0.734. The lowest BCUT2D eigenvalue weighted by atomic mass is 9.81. The third-order valence-corrected chi connectivity index (χ3v) is 5.79. The van der Waals surface area contributed by atoms with Gasteiger partial charge in [-0.2, -0.15) is 5.10 Å². The fourth-order valence-corrected chi connectivity index (χ4v) is 3.82. The molecule has 2 heterocycles. The molecule has 1 aliphatic rings. The van der Waals surface area contributed by atoms with Gasteiger partial charge in [0.25, 0.3) is 0 Å². The highest BCUT2D eigenvalue weighted by Crippen LogP contribution is 2.38. The first-order valence-corrected chi connectivity index (χ1v) is 10.9. The summed E-state index contributed by atoms with van der Waals surface area (Å²) in [6.45, 7) is 3.44. The summed E-state index contributed by atoms with van der Waals surface area (Å²) in [7, 11) is 3.98. The predicted octanol–water partition coefficient (Wildman–Crippen LogP) is 4.25. The van der Waals surface area contributed by atoms with Crippen LogP contribution < -0.4 is 14.8 Å². The molecule has 32 heavy (non-hydrogen) atoms. The number of likely N-dealkylation sites (N-methyl/N-ethyl adjacent to an activating group) is 1. The Morgan fingerprint density at radius 1 is 1.28 bits per heavy atom. The first-order valence-electron chi connectivity index (χ1n) is 10.5. The second-order valence-electron chi connectivity index (χ2n) is 8.58. The summed E-state index contributed by atoms with van der Waals surface area (Å²) in [4.78, 5) is 15.4. The van der Waals surface area contributed by atoms with E-state index < -0.39 is 5.41 Å². The number of hydrogen-bond donors (Lipinski definition) is 2. The summed E-state index contributed by atoms with van der Waals surface area (Å²) in [5.41, 5.74) is 2.72. The van der Waals surface area contributed by atoms with Gasteiger partial charge in [-0.3, -0.25) is 9.89 Å². The van der Waals surface area contributed by atoms with Crippen LogP contribution in [-0.4, -0.2) is 54.9 Å². The first kappa shape index (κ1) is 22.2. The maximum Gasteiger partial charge on any atom is 0.234 e. The standard InChI is InChI=1S/C24H27ClN4O3/c1-24(12-17-10-19(25)5-7-21(17)32-15-24)23(30)28-20-6-4-16(18-13-26-27-14-18)11-22(20)31-9-8-29(2)3/h4-7,10-11,13-14H,8-9,12,15H2,1-3H3,(H,26,27)(H,28,30). The van der Waals surface area contributed by atoms with Crippen molar-refractivity contribution in [3.05, 3.63) is 59.4 Å². The van der Waals surface area contributed by atoms with Crippen molar-refractivity contribution in [2.45, 2.75) is 13.3 Å². The molecule has 8 heteroatoms. The van der Waals surface area contributed by atoms with Gasteiger partial charge in [-0.05, 0) is 68.9 Å². The van der Waals surface area contributed by atoms with Gasteiger partial charge >= 0.3 is 0 Å². The summed E-state index contributed by atoms with van der Waals surface area (Å²) in [5, 5.41) is 10.5. The lowest BCUT2D eigenvalue weighted by Crippen LogP contribution is -2.43. The van der Waals surface area contributed by atoms with Crippen molar-refractivity contribution >= 4 is 23.2 Å². The Hall–Kier alpha value is -3.03. The fraction of sp³-hybridized carbons (Fsp3) is 0.333. The molecule has 0 fully saturated rings. The smallest absolute Gasteiger partial charge is 0.234 e. The molecule has 0 saturated heterocycles. The number of hydrogen-bond acceptors (Lipinski definition) is 5. The zero-order valence-corrected chi connectivity index (χ0v) is 19.2. The fourth-order valence-electron chi connectivity index (χ4n) is 3.63. The van der Waals surface area contributed by atoms with Gasteiger partial charge in [0.1, 0.15) is 24.7 Å². The zero-order valence-electron chi connectivity index (χ0n) is 18.4. The Bertz CT molecular complexity index is 1100. The van der Waals surface area contributed by atoms with E-state index in [4.69, 9.17) is 21.1 Å². The third-order valence-electron chi connectivity index (χ3n) is 5.56. The Morgan fingerprint density at radius 3 is 2.88 bits per heavy atom. The summed E-state index contributed by atoms with van der Waals surface area (Å²) in [6, 6.07) is 11.2. The van der Waals surface area contributed by atoms with Crippen LogP contribution in [0.4, 0.5) is 5.69 Å². The summed E-state index contributed by atoms with van der Waals surface area (Å²) in [5.74, 6) is 1.26. The molecule has 1 aromatic heterocycles. The van der Waals surface area contributed by atoms with E-state index in [1.165, 1.54) is 0 Å². The Labute approximate surface area is 192 Å². The van der Waals surface area contributed by atoms with Crippen LogP contribution in [0.1, 0.15) is 12.5 Å². The molecule has 0 bridgehead atoms. The van der Waals surface area contributed by atoms with E-state index in [1.807, 2.05) is 62.4 Å². The van der Waals surface area contributed by atoms with Crippen LogP contribution in [0.15, 0.2) is 48.8 Å². The molecule has 2 N–H and O–H groups in total. The largest absolute Gasteiger partial charge is 0.492 e. The number of anilines is 1. The van der Waals surface area contributed by atoms with E-state index in [9.17, 15) is 4.79 Å². The summed E-state index contributed by atoms with van der Waals surface area (Å²) < 4.78 is 11.9. The van der Waals surface area contributed by atoms with E-state index in [0.29, 0.717) is 29.5 Å². The van der Waals surface area contributed by atoms with Crippen molar-refractivity contribution < 1.29 is 14.3 Å². The normalized spacial score (nSPS) is 17.5. The van der Waals surface area contributed by atoms with Gasteiger partial charge in [0.15, 0.2) is 0 Å². The van der Waals surface area contributed by atoms with Crippen molar-refractivity contribution in [1.82, 2.24) is 15.1 Å². The molecule has 3 aromatic rings. The first-order chi connectivity index (χ1) is 15.3. The molecule has 0 spiro atoms. The minimum absolute atomic E-state index is 0.128. The molecule has 168 valence electrons. The van der Waals surface area contributed by atoms with E-state index in [2.05, 4.69) is 15.5 Å². The second-order valence-corrected chi connectivity index (χ2v) is 9.02. The van der Waals surface area contributed by atoms with Crippen LogP contribution in [0.5, 0.6) is 11.5 Å². The van der Waals surface area contributed by atoms with Gasteiger partial charge in [0, 0.05) is 23.3 Å². The predicted molar refractivity (Wildman–Crippen MR) is 125 cm³/mol. The molecule has 0 saturated carbocycles. The highest BCUT2D eigenvalue weighted by Gasteiger charge is 2.39.